The van der Waals surface area contributed by atoms with Crippen molar-refractivity contribution in [1.29, 1.82) is 0 Å². The van der Waals surface area contributed by atoms with Crippen LogP contribution in [0.3, 0.4) is 0 Å². The van der Waals surface area contributed by atoms with Gasteiger partial charge in [0.25, 0.3) is 0 Å². The topological polar surface area (TPSA) is 47.7 Å². The van der Waals surface area contributed by atoms with Gasteiger partial charge < -0.3 is 20.1 Å². The third kappa shape index (κ3) is 4.74. The van der Waals surface area contributed by atoms with Crippen LogP contribution in [0.5, 0.6) is 5.75 Å². The smallest absolute Gasteiger partial charge is 0.120 e. The zero-order chi connectivity index (χ0) is 14.4. The summed E-state index contributed by atoms with van der Waals surface area (Å²) in [4.78, 5) is 2.64. The monoisotopic (exact) mass is 294 g/mol. The summed E-state index contributed by atoms with van der Waals surface area (Å²) in [5.74, 6) is 0.806. The number of rotatable bonds is 7. The lowest BCUT2D eigenvalue weighted by atomic mass is 10.2. The van der Waals surface area contributed by atoms with Crippen molar-refractivity contribution >= 4 is 17.2 Å². The largest absolute Gasteiger partial charge is 0.492 e. The van der Waals surface area contributed by atoms with Gasteiger partial charge in [0.05, 0.1) is 6.10 Å². The lowest BCUT2D eigenvalue weighted by Crippen LogP contribution is -2.32. The number of thiocarbonyl (C=S) groups is 1. The van der Waals surface area contributed by atoms with Gasteiger partial charge in [-0.1, -0.05) is 24.4 Å². The van der Waals surface area contributed by atoms with Crippen molar-refractivity contribution in [2.24, 2.45) is 5.73 Å². The standard InChI is InChI=1S/C15H22N2O2S/c1-17(11-14-6-3-8-18-14)7-9-19-13-5-2-4-12(10-13)15(16)20/h2,4-5,10,14H,3,6-9,11H2,1H3,(H2,16,20). The van der Waals surface area contributed by atoms with E-state index in [1.165, 1.54) is 12.8 Å². The first-order chi connectivity index (χ1) is 9.65. The number of nitrogens with two attached hydrogens (primary N) is 1. The fraction of sp³-hybridized carbons (Fsp3) is 0.533. The summed E-state index contributed by atoms with van der Waals surface area (Å²) in [5, 5.41) is 0. The molecular weight excluding hydrogens is 272 g/mol. The number of hydrogen-bond acceptors (Lipinski definition) is 4. The lowest BCUT2D eigenvalue weighted by molar-refractivity contribution is 0.0771. The Kier molecular flexibility index (Phi) is 5.76. The normalized spacial score (nSPS) is 18.4. The zero-order valence-electron chi connectivity index (χ0n) is 11.9. The van der Waals surface area contributed by atoms with Crippen LogP contribution < -0.4 is 10.5 Å². The zero-order valence-corrected chi connectivity index (χ0v) is 12.7. The summed E-state index contributed by atoms with van der Waals surface area (Å²) in [7, 11) is 2.09. The summed E-state index contributed by atoms with van der Waals surface area (Å²) in [6, 6.07) is 7.59. The molecule has 110 valence electrons. The van der Waals surface area contributed by atoms with Crippen molar-refractivity contribution in [1.82, 2.24) is 4.90 Å². The average Bonchev–Trinajstić information content (AvgIpc) is 2.92. The lowest BCUT2D eigenvalue weighted by Gasteiger charge is -2.20. The average molecular weight is 294 g/mol. The molecule has 1 aromatic carbocycles. The van der Waals surface area contributed by atoms with E-state index in [-0.39, 0.29) is 0 Å². The molecule has 1 atom stereocenters. The van der Waals surface area contributed by atoms with Crippen LogP contribution in [0, 0.1) is 0 Å². The van der Waals surface area contributed by atoms with E-state index in [0.29, 0.717) is 17.7 Å². The molecular formula is C15H22N2O2S. The molecule has 1 aliphatic heterocycles. The van der Waals surface area contributed by atoms with E-state index < -0.39 is 0 Å². The van der Waals surface area contributed by atoms with Gasteiger partial charge in [0.2, 0.25) is 0 Å². The molecule has 0 radical (unpaired) electrons. The van der Waals surface area contributed by atoms with Crippen molar-refractivity contribution < 1.29 is 9.47 Å². The highest BCUT2D eigenvalue weighted by molar-refractivity contribution is 7.80. The van der Waals surface area contributed by atoms with Crippen molar-refractivity contribution in [2.45, 2.75) is 18.9 Å². The van der Waals surface area contributed by atoms with E-state index in [2.05, 4.69) is 11.9 Å². The molecule has 0 aromatic heterocycles. The number of likely N-dealkylation sites (N-methyl/N-ethyl adjacent to an activating group) is 1. The van der Waals surface area contributed by atoms with Gasteiger partial charge in [-0.25, -0.2) is 0 Å². The molecule has 4 nitrogen and oxygen atoms in total. The Morgan fingerprint density at radius 2 is 2.40 bits per heavy atom. The van der Waals surface area contributed by atoms with Crippen molar-refractivity contribution in [3.05, 3.63) is 29.8 Å². The summed E-state index contributed by atoms with van der Waals surface area (Å²) >= 11 is 4.96. The van der Waals surface area contributed by atoms with E-state index in [9.17, 15) is 0 Å². The maximum absolute atomic E-state index is 5.73. The third-order valence-electron chi connectivity index (χ3n) is 3.40. The Morgan fingerprint density at radius 1 is 1.55 bits per heavy atom. The predicted octanol–water partition coefficient (Wildman–Crippen LogP) is 1.81. The molecule has 1 heterocycles. The van der Waals surface area contributed by atoms with Crippen LogP contribution in [0.25, 0.3) is 0 Å². The highest BCUT2D eigenvalue weighted by Crippen LogP contribution is 2.14. The van der Waals surface area contributed by atoms with Crippen LogP contribution >= 0.6 is 12.2 Å². The van der Waals surface area contributed by atoms with E-state index in [1.807, 2.05) is 24.3 Å². The minimum atomic E-state index is 0.387. The molecule has 1 fully saturated rings. The molecule has 0 amide bonds. The van der Waals surface area contributed by atoms with E-state index in [1.54, 1.807) is 0 Å². The Labute approximate surface area is 125 Å². The van der Waals surface area contributed by atoms with Crippen LogP contribution in [0.1, 0.15) is 18.4 Å². The first-order valence-electron chi connectivity index (χ1n) is 6.98. The molecule has 1 aromatic rings. The maximum Gasteiger partial charge on any atom is 0.120 e. The van der Waals surface area contributed by atoms with Gasteiger partial charge >= 0.3 is 0 Å². The second-order valence-electron chi connectivity index (χ2n) is 5.14. The van der Waals surface area contributed by atoms with Gasteiger partial charge in [0.15, 0.2) is 0 Å². The molecule has 0 bridgehead atoms. The molecule has 2 N–H and O–H groups in total. The minimum Gasteiger partial charge on any atom is -0.492 e. The maximum atomic E-state index is 5.73. The Morgan fingerprint density at radius 3 is 3.10 bits per heavy atom. The number of ether oxygens (including phenoxy) is 2. The molecule has 2 rings (SSSR count). The van der Waals surface area contributed by atoms with Crippen LogP contribution in [0.15, 0.2) is 24.3 Å². The highest BCUT2D eigenvalue weighted by atomic mass is 32.1. The Hall–Kier alpha value is -1.17. The minimum absolute atomic E-state index is 0.387. The second kappa shape index (κ2) is 7.57. The van der Waals surface area contributed by atoms with E-state index >= 15 is 0 Å². The van der Waals surface area contributed by atoms with Crippen LogP contribution in [-0.2, 0) is 4.74 Å². The summed E-state index contributed by atoms with van der Waals surface area (Å²) in [5.41, 5.74) is 6.44. The van der Waals surface area contributed by atoms with Crippen LogP contribution in [0.2, 0.25) is 0 Å². The van der Waals surface area contributed by atoms with Crippen molar-refractivity contribution in [3.8, 4) is 5.75 Å². The quantitative estimate of drug-likeness (QED) is 0.777. The second-order valence-corrected chi connectivity index (χ2v) is 5.58. The molecule has 1 unspecified atom stereocenters. The molecule has 0 spiro atoms. The van der Waals surface area contributed by atoms with Gasteiger partial charge in [0, 0.05) is 25.3 Å². The highest BCUT2D eigenvalue weighted by Gasteiger charge is 2.17. The fourth-order valence-electron chi connectivity index (χ4n) is 2.29. The first-order valence-corrected chi connectivity index (χ1v) is 7.39. The van der Waals surface area contributed by atoms with E-state index in [0.717, 1.165) is 31.0 Å². The van der Waals surface area contributed by atoms with E-state index in [4.69, 9.17) is 27.4 Å². The Bertz CT molecular complexity index is 447. The predicted molar refractivity (Wildman–Crippen MR) is 84.3 cm³/mol. The van der Waals surface area contributed by atoms with Crippen molar-refractivity contribution in [3.63, 3.8) is 0 Å². The fourth-order valence-corrected chi connectivity index (χ4v) is 2.41. The molecule has 0 saturated carbocycles. The molecule has 5 heteroatoms. The third-order valence-corrected chi connectivity index (χ3v) is 3.64. The van der Waals surface area contributed by atoms with Gasteiger partial charge in [-0.15, -0.1) is 0 Å². The van der Waals surface area contributed by atoms with Crippen molar-refractivity contribution in [2.75, 3.05) is 33.4 Å². The molecule has 20 heavy (non-hydrogen) atoms. The SMILES string of the molecule is CN(CCOc1cccc(C(N)=S)c1)CC1CCCO1. The summed E-state index contributed by atoms with van der Waals surface area (Å²) in [6.45, 7) is 3.39. The Balaban J connectivity index is 1.72. The van der Waals surface area contributed by atoms with Gasteiger partial charge in [-0.05, 0) is 32.0 Å². The first kappa shape index (κ1) is 15.2. The van der Waals surface area contributed by atoms with Gasteiger partial charge in [-0.3, -0.25) is 0 Å². The number of benzene rings is 1. The number of hydrogen-bond donors (Lipinski definition) is 1. The molecule has 1 aliphatic rings. The van der Waals surface area contributed by atoms with Crippen LogP contribution in [-0.4, -0.2) is 49.3 Å². The summed E-state index contributed by atoms with van der Waals surface area (Å²) < 4.78 is 11.4. The summed E-state index contributed by atoms with van der Waals surface area (Å²) in [6.07, 6.45) is 2.74. The van der Waals surface area contributed by atoms with Crippen LogP contribution in [0.4, 0.5) is 0 Å². The molecule has 1 saturated heterocycles. The van der Waals surface area contributed by atoms with Gasteiger partial charge in [-0.2, -0.15) is 0 Å². The number of nitrogens with zero attached hydrogens (tertiary/aromatic N) is 1. The molecule has 0 aliphatic carbocycles. The van der Waals surface area contributed by atoms with Gasteiger partial charge in [0.1, 0.15) is 17.3 Å².